The van der Waals surface area contributed by atoms with Crippen LogP contribution >= 0.6 is 0 Å². The lowest BCUT2D eigenvalue weighted by molar-refractivity contribution is -0.128. The molecule has 1 aliphatic rings. The van der Waals surface area contributed by atoms with Crippen LogP contribution in [0.25, 0.3) is 22.3 Å². The van der Waals surface area contributed by atoms with Gasteiger partial charge in [0.05, 0.1) is 11.3 Å². The number of pyridine rings is 2. The quantitative estimate of drug-likeness (QED) is 0.721. The lowest BCUT2D eigenvalue weighted by Gasteiger charge is -2.22. The zero-order valence-corrected chi connectivity index (χ0v) is 15.6. The monoisotopic (exact) mass is 383 g/mol. The summed E-state index contributed by atoms with van der Waals surface area (Å²) in [5.41, 5.74) is 2.33. The van der Waals surface area contributed by atoms with Crippen molar-refractivity contribution < 1.29 is 17.5 Å². The third-order valence-electron chi connectivity index (χ3n) is 5.05. The van der Waals surface area contributed by atoms with Crippen molar-refractivity contribution in [3.63, 3.8) is 0 Å². The fourth-order valence-electron chi connectivity index (χ4n) is 3.54. The molecule has 1 amide bonds. The summed E-state index contributed by atoms with van der Waals surface area (Å²) in [5, 5.41) is 9.97. The van der Waals surface area contributed by atoms with Gasteiger partial charge in [-0.1, -0.05) is 6.07 Å². The predicted octanol–water partition coefficient (Wildman–Crippen LogP) is 2.87. The Labute approximate surface area is 164 Å². The van der Waals surface area contributed by atoms with Crippen molar-refractivity contribution >= 4 is 28.7 Å². The molecule has 4 rings (SSSR count). The summed E-state index contributed by atoms with van der Waals surface area (Å²) in [6.07, 6.45) is 4.03. The smallest absolute Gasteiger partial charge is 0.337 e. The summed E-state index contributed by atoms with van der Waals surface area (Å²) in [6, 6.07) is 7.42. The number of fused-ring (bicyclic) bond motifs is 1. The molecule has 8 nitrogen and oxygen atoms in total. The Morgan fingerprint density at radius 1 is 1.21 bits per heavy atom. The van der Waals surface area contributed by atoms with Gasteiger partial charge in [-0.15, -0.1) is 0 Å². The number of nitrogens with zero attached hydrogens (tertiary/aromatic N) is 4. The van der Waals surface area contributed by atoms with Gasteiger partial charge in [0.25, 0.3) is 0 Å². The summed E-state index contributed by atoms with van der Waals surface area (Å²) in [5.74, 6) is -0.0634. The number of aromatic amines is 1. The summed E-state index contributed by atoms with van der Waals surface area (Å²) in [7, 11) is 0. The van der Waals surface area contributed by atoms with E-state index < -0.39 is 5.97 Å². The first-order valence-corrected chi connectivity index (χ1v) is 9.21. The highest BCUT2D eigenvalue weighted by Crippen LogP contribution is 2.28. The van der Waals surface area contributed by atoms with Crippen LogP contribution in [-0.2, 0) is 4.79 Å². The molecule has 3 aromatic rings. The minimum atomic E-state index is -1.01. The molecule has 148 valence electrons. The van der Waals surface area contributed by atoms with Gasteiger partial charge in [0, 0.05) is 59.3 Å². The molecule has 3 aromatic heterocycles. The largest absolute Gasteiger partial charge is 0.478 e. The van der Waals surface area contributed by atoms with Gasteiger partial charge in [-0.25, -0.2) is 14.8 Å². The summed E-state index contributed by atoms with van der Waals surface area (Å²) < 4.78 is 0. The number of carboxylic acids is 1. The van der Waals surface area contributed by atoms with Gasteiger partial charge < -0.3 is 19.9 Å². The van der Waals surface area contributed by atoms with E-state index in [-0.39, 0.29) is 14.3 Å². The first-order valence-electron chi connectivity index (χ1n) is 9.21. The highest BCUT2D eigenvalue weighted by Gasteiger charge is 2.18. The van der Waals surface area contributed by atoms with Crippen LogP contribution in [0.4, 0.5) is 5.82 Å². The molecule has 4 heterocycles. The van der Waals surface area contributed by atoms with E-state index in [0.29, 0.717) is 12.2 Å². The third kappa shape index (κ3) is 3.40. The minimum absolute atomic E-state index is 0. The summed E-state index contributed by atoms with van der Waals surface area (Å²) >= 11 is 0. The number of hydrogen-bond acceptors (Lipinski definition) is 5. The second kappa shape index (κ2) is 7.30. The van der Waals surface area contributed by atoms with Crippen molar-refractivity contribution in [1.29, 1.82) is 0 Å². The second-order valence-electron chi connectivity index (χ2n) is 6.86. The van der Waals surface area contributed by atoms with E-state index in [1.807, 2.05) is 23.1 Å². The van der Waals surface area contributed by atoms with Gasteiger partial charge in [0.2, 0.25) is 5.91 Å². The molecule has 0 unspecified atom stereocenters. The number of carbonyl (C=O) groups excluding carboxylic acids is 1. The van der Waals surface area contributed by atoms with E-state index in [1.165, 1.54) is 6.20 Å². The molecule has 28 heavy (non-hydrogen) atoms. The van der Waals surface area contributed by atoms with Gasteiger partial charge >= 0.3 is 5.97 Å². The van der Waals surface area contributed by atoms with Gasteiger partial charge in [-0.2, -0.15) is 0 Å². The van der Waals surface area contributed by atoms with Crippen LogP contribution in [0.15, 0.2) is 36.7 Å². The number of amides is 1. The molecule has 0 aromatic carbocycles. The SMILES string of the molecule is CC(=O)N1CCCN(c2cccc(-c3c[nH]c4ncc(C(=O)O)cc34)n2)CC1.[HH].[HH]. The number of carboxylic acid groups (broad SMARTS) is 1. The van der Waals surface area contributed by atoms with Crippen LogP contribution in [0.2, 0.25) is 0 Å². The molecule has 1 fully saturated rings. The van der Waals surface area contributed by atoms with Crippen molar-refractivity contribution in [2.75, 3.05) is 31.1 Å². The van der Waals surface area contributed by atoms with Crippen molar-refractivity contribution in [3.05, 3.63) is 42.2 Å². The fraction of sp³-hybridized carbons (Fsp3) is 0.300. The molecule has 0 saturated carbocycles. The molecule has 0 spiro atoms. The number of aromatic nitrogens is 3. The molecule has 1 saturated heterocycles. The maximum atomic E-state index is 11.6. The fourth-order valence-corrected chi connectivity index (χ4v) is 3.54. The van der Waals surface area contributed by atoms with Crippen molar-refractivity contribution in [2.45, 2.75) is 13.3 Å². The van der Waals surface area contributed by atoms with Crippen LogP contribution in [0, 0.1) is 0 Å². The van der Waals surface area contributed by atoms with Crippen LogP contribution < -0.4 is 4.90 Å². The van der Waals surface area contributed by atoms with Crippen molar-refractivity contribution in [3.8, 4) is 11.3 Å². The summed E-state index contributed by atoms with van der Waals surface area (Å²) in [6.45, 7) is 4.61. The van der Waals surface area contributed by atoms with Crippen LogP contribution in [0.5, 0.6) is 0 Å². The van der Waals surface area contributed by atoms with Gasteiger partial charge in [-0.3, -0.25) is 4.79 Å². The summed E-state index contributed by atoms with van der Waals surface area (Å²) in [4.78, 5) is 39.0. The Bertz CT molecular complexity index is 1060. The Kier molecular flexibility index (Phi) is 4.68. The average molecular weight is 383 g/mol. The first-order chi connectivity index (χ1) is 13.5. The average Bonchev–Trinajstić information content (AvgIpc) is 2.95. The van der Waals surface area contributed by atoms with E-state index in [0.717, 1.165) is 48.5 Å². The van der Waals surface area contributed by atoms with Gasteiger partial charge in [-0.05, 0) is 24.6 Å². The van der Waals surface area contributed by atoms with Crippen molar-refractivity contribution in [1.82, 2.24) is 19.9 Å². The molecule has 8 heteroatoms. The molecular formula is C20H25N5O3. The molecule has 0 atom stereocenters. The first kappa shape index (κ1) is 18.0. The van der Waals surface area contributed by atoms with Crippen LogP contribution in [-0.4, -0.2) is 63.0 Å². The maximum absolute atomic E-state index is 11.6. The van der Waals surface area contributed by atoms with Crippen LogP contribution in [0.1, 0.15) is 26.6 Å². The molecule has 0 aliphatic carbocycles. The molecular weight excluding hydrogens is 358 g/mol. The number of hydrogen-bond donors (Lipinski definition) is 2. The minimum Gasteiger partial charge on any atom is -0.478 e. The number of aromatic carboxylic acids is 1. The van der Waals surface area contributed by atoms with E-state index in [1.54, 1.807) is 19.2 Å². The van der Waals surface area contributed by atoms with E-state index in [4.69, 9.17) is 4.98 Å². The number of anilines is 1. The lowest BCUT2D eigenvalue weighted by Crippen LogP contribution is -2.33. The van der Waals surface area contributed by atoms with E-state index in [9.17, 15) is 14.7 Å². The highest BCUT2D eigenvalue weighted by atomic mass is 16.4. The predicted molar refractivity (Wildman–Crippen MR) is 110 cm³/mol. The Balaban J connectivity index is 0.00000160. The van der Waals surface area contributed by atoms with E-state index in [2.05, 4.69) is 14.9 Å². The molecule has 0 radical (unpaired) electrons. The topological polar surface area (TPSA) is 102 Å². The zero-order chi connectivity index (χ0) is 19.7. The highest BCUT2D eigenvalue weighted by molar-refractivity contribution is 5.98. The Morgan fingerprint density at radius 2 is 2.07 bits per heavy atom. The lowest BCUT2D eigenvalue weighted by atomic mass is 10.1. The standard InChI is InChI=1S/C20H21N5O3.2H2/c1-13(26)24-6-3-7-25(9-8-24)18-5-2-4-17(23-18)16-12-22-19-15(16)10-14(11-21-19)20(27)28;;/h2,4-5,10-12H,3,6-9H2,1H3,(H,21,22)(H,27,28);2*1H. The number of carbonyl (C=O) groups is 2. The van der Waals surface area contributed by atoms with Crippen LogP contribution in [0.3, 0.4) is 0 Å². The molecule has 0 bridgehead atoms. The Hall–Kier alpha value is -3.42. The zero-order valence-electron chi connectivity index (χ0n) is 15.6. The third-order valence-corrected chi connectivity index (χ3v) is 5.05. The second-order valence-corrected chi connectivity index (χ2v) is 6.86. The van der Waals surface area contributed by atoms with Gasteiger partial charge in [0.15, 0.2) is 0 Å². The maximum Gasteiger partial charge on any atom is 0.337 e. The van der Waals surface area contributed by atoms with Gasteiger partial charge in [0.1, 0.15) is 11.5 Å². The van der Waals surface area contributed by atoms with Crippen molar-refractivity contribution in [2.24, 2.45) is 0 Å². The molecule has 1 aliphatic heterocycles. The van der Waals surface area contributed by atoms with E-state index >= 15 is 0 Å². The normalized spacial score (nSPS) is 14.9. The molecule has 2 N–H and O–H groups in total. The number of rotatable bonds is 3. The number of nitrogens with one attached hydrogen (secondary N) is 1. The Morgan fingerprint density at radius 3 is 2.86 bits per heavy atom. The number of H-pyrrole nitrogens is 1.